The molecule has 6 nitrogen and oxygen atoms in total. The minimum Gasteiger partial charge on any atom is -0.361 e. The second-order valence-electron chi connectivity index (χ2n) is 7.59. The summed E-state index contributed by atoms with van der Waals surface area (Å²) in [4.78, 5) is 13.0. The third kappa shape index (κ3) is 3.28. The van der Waals surface area contributed by atoms with Crippen LogP contribution in [0.2, 0.25) is 0 Å². The molecule has 0 aliphatic heterocycles. The second-order valence-corrected chi connectivity index (χ2v) is 7.59. The quantitative estimate of drug-likeness (QED) is 0.512. The molecule has 0 amide bonds. The number of aryl methyl sites for hydroxylation is 6. The molecule has 6 heteroatoms. The van der Waals surface area contributed by atoms with Crippen LogP contribution in [0.4, 0.5) is 0 Å². The Balaban J connectivity index is 1.88. The summed E-state index contributed by atoms with van der Waals surface area (Å²) in [6, 6.07) is 10.1. The molecule has 1 aromatic carbocycles. The van der Waals surface area contributed by atoms with Crippen molar-refractivity contribution in [3.8, 4) is 5.69 Å². The molecule has 4 aromatic rings. The van der Waals surface area contributed by atoms with Crippen molar-refractivity contribution in [3.05, 3.63) is 74.5 Å². The van der Waals surface area contributed by atoms with Crippen molar-refractivity contribution >= 4 is 11.0 Å². The lowest BCUT2D eigenvalue weighted by Gasteiger charge is -2.12. The monoisotopic (exact) mass is 390 g/mol. The van der Waals surface area contributed by atoms with Gasteiger partial charge in [0, 0.05) is 23.6 Å². The van der Waals surface area contributed by atoms with Crippen molar-refractivity contribution in [2.45, 2.75) is 54.0 Å². The van der Waals surface area contributed by atoms with E-state index in [0.29, 0.717) is 13.0 Å². The fourth-order valence-corrected chi connectivity index (χ4v) is 4.02. The standard InChI is InChI=1S/C23H26N4O2/c1-6-18-7-9-19(10-8-18)27-23-22(16(4)24-27)14(2)13-21(28)26(23)12-11-20-15(3)25-29-17(20)5/h7-10,13H,6,11-12H2,1-5H3. The van der Waals surface area contributed by atoms with Crippen molar-refractivity contribution in [1.29, 1.82) is 0 Å². The summed E-state index contributed by atoms with van der Waals surface area (Å²) in [5, 5.41) is 9.85. The van der Waals surface area contributed by atoms with Gasteiger partial charge in [0.2, 0.25) is 0 Å². The Morgan fingerprint density at radius 2 is 1.76 bits per heavy atom. The molecule has 0 radical (unpaired) electrons. The predicted octanol–water partition coefficient (Wildman–Crippen LogP) is 4.21. The van der Waals surface area contributed by atoms with E-state index < -0.39 is 0 Å². The molecular formula is C23H26N4O2. The van der Waals surface area contributed by atoms with Gasteiger partial charge in [-0.2, -0.15) is 5.10 Å². The van der Waals surface area contributed by atoms with E-state index in [9.17, 15) is 4.79 Å². The van der Waals surface area contributed by atoms with E-state index >= 15 is 0 Å². The molecule has 0 atom stereocenters. The highest BCUT2D eigenvalue weighted by Crippen LogP contribution is 2.25. The maximum atomic E-state index is 13.0. The first kappa shape index (κ1) is 19.2. The van der Waals surface area contributed by atoms with Crippen LogP contribution < -0.4 is 5.56 Å². The highest BCUT2D eigenvalue weighted by Gasteiger charge is 2.18. The van der Waals surface area contributed by atoms with Crippen molar-refractivity contribution in [2.24, 2.45) is 0 Å². The van der Waals surface area contributed by atoms with E-state index in [1.165, 1.54) is 5.56 Å². The Morgan fingerprint density at radius 1 is 1.03 bits per heavy atom. The Kier molecular flexibility index (Phi) is 4.86. The number of benzene rings is 1. The summed E-state index contributed by atoms with van der Waals surface area (Å²) < 4.78 is 9.00. The number of nitrogens with zero attached hydrogens (tertiary/aromatic N) is 4. The largest absolute Gasteiger partial charge is 0.361 e. The van der Waals surface area contributed by atoms with Crippen LogP contribution in [0.3, 0.4) is 0 Å². The lowest BCUT2D eigenvalue weighted by Crippen LogP contribution is -2.23. The molecule has 0 N–H and O–H groups in total. The molecule has 0 unspecified atom stereocenters. The van der Waals surface area contributed by atoms with Crippen molar-refractivity contribution in [3.63, 3.8) is 0 Å². The fourth-order valence-electron chi connectivity index (χ4n) is 4.02. The van der Waals surface area contributed by atoms with E-state index in [4.69, 9.17) is 9.62 Å². The summed E-state index contributed by atoms with van der Waals surface area (Å²) in [6.07, 6.45) is 1.67. The van der Waals surface area contributed by atoms with Gasteiger partial charge < -0.3 is 4.52 Å². The number of aromatic nitrogens is 4. The van der Waals surface area contributed by atoms with Crippen LogP contribution in [0.15, 0.2) is 39.6 Å². The van der Waals surface area contributed by atoms with Crippen LogP contribution in [0, 0.1) is 27.7 Å². The molecule has 0 saturated carbocycles. The fraction of sp³-hybridized carbons (Fsp3) is 0.348. The average molecular weight is 390 g/mol. The lowest BCUT2D eigenvalue weighted by atomic mass is 10.1. The van der Waals surface area contributed by atoms with E-state index in [-0.39, 0.29) is 5.56 Å². The number of hydrogen-bond donors (Lipinski definition) is 0. The van der Waals surface area contributed by atoms with Gasteiger partial charge in [-0.1, -0.05) is 24.2 Å². The zero-order valence-corrected chi connectivity index (χ0v) is 17.6. The van der Waals surface area contributed by atoms with Crippen LogP contribution in [0.1, 0.15) is 40.8 Å². The Labute approximate surface area is 169 Å². The zero-order chi connectivity index (χ0) is 20.7. The highest BCUT2D eigenvalue weighted by molar-refractivity contribution is 5.83. The Morgan fingerprint density at radius 3 is 2.38 bits per heavy atom. The maximum absolute atomic E-state index is 13.0. The van der Waals surface area contributed by atoms with Gasteiger partial charge in [0.25, 0.3) is 5.56 Å². The molecule has 4 rings (SSSR count). The predicted molar refractivity (Wildman–Crippen MR) is 114 cm³/mol. The molecule has 0 spiro atoms. The topological polar surface area (TPSA) is 65.8 Å². The Hall–Kier alpha value is -3.15. The third-order valence-corrected chi connectivity index (χ3v) is 5.65. The number of fused-ring (bicyclic) bond motifs is 1. The molecule has 0 aliphatic rings. The molecule has 0 aliphatic carbocycles. The molecule has 150 valence electrons. The first-order valence-corrected chi connectivity index (χ1v) is 10.0. The summed E-state index contributed by atoms with van der Waals surface area (Å²) in [5.74, 6) is 0.804. The summed E-state index contributed by atoms with van der Waals surface area (Å²) >= 11 is 0. The summed E-state index contributed by atoms with van der Waals surface area (Å²) in [5.41, 5.74) is 6.84. The van der Waals surface area contributed by atoms with Crippen LogP contribution >= 0.6 is 0 Å². The van der Waals surface area contributed by atoms with E-state index in [1.54, 1.807) is 6.07 Å². The molecule has 29 heavy (non-hydrogen) atoms. The van der Waals surface area contributed by atoms with Gasteiger partial charge in [0.1, 0.15) is 11.4 Å². The number of hydrogen-bond acceptors (Lipinski definition) is 4. The van der Waals surface area contributed by atoms with Gasteiger partial charge in [-0.15, -0.1) is 0 Å². The zero-order valence-electron chi connectivity index (χ0n) is 17.6. The highest BCUT2D eigenvalue weighted by atomic mass is 16.5. The van der Waals surface area contributed by atoms with Gasteiger partial charge in [0.05, 0.1) is 17.1 Å². The van der Waals surface area contributed by atoms with Crippen LogP contribution in [-0.4, -0.2) is 19.5 Å². The SMILES string of the molecule is CCc1ccc(-n2nc(C)c3c(C)cc(=O)n(CCc4c(C)noc4C)c32)cc1. The summed E-state index contributed by atoms with van der Waals surface area (Å²) in [6.45, 7) is 10.5. The summed E-state index contributed by atoms with van der Waals surface area (Å²) in [7, 11) is 0. The van der Waals surface area contributed by atoms with Gasteiger partial charge in [-0.25, -0.2) is 4.68 Å². The van der Waals surface area contributed by atoms with E-state index in [0.717, 1.165) is 51.4 Å². The van der Waals surface area contributed by atoms with Gasteiger partial charge >= 0.3 is 0 Å². The minimum absolute atomic E-state index is 0.0203. The first-order chi connectivity index (χ1) is 13.9. The number of pyridine rings is 1. The smallest absolute Gasteiger partial charge is 0.252 e. The van der Waals surface area contributed by atoms with Crippen molar-refractivity contribution in [2.75, 3.05) is 0 Å². The van der Waals surface area contributed by atoms with Crippen LogP contribution in [0.5, 0.6) is 0 Å². The second kappa shape index (κ2) is 7.35. The van der Waals surface area contributed by atoms with Gasteiger partial charge in [-0.3, -0.25) is 9.36 Å². The molecule has 0 fully saturated rings. The van der Waals surface area contributed by atoms with Gasteiger partial charge in [-0.05, 0) is 63.8 Å². The van der Waals surface area contributed by atoms with Crippen LogP contribution in [-0.2, 0) is 19.4 Å². The van der Waals surface area contributed by atoms with Crippen molar-refractivity contribution in [1.82, 2.24) is 19.5 Å². The Bertz CT molecular complexity index is 1220. The average Bonchev–Trinajstić information content (AvgIpc) is 3.21. The van der Waals surface area contributed by atoms with Crippen LogP contribution in [0.25, 0.3) is 16.7 Å². The molecule has 0 bridgehead atoms. The maximum Gasteiger partial charge on any atom is 0.252 e. The number of rotatable bonds is 5. The first-order valence-electron chi connectivity index (χ1n) is 10.0. The molecule has 0 saturated heterocycles. The normalized spacial score (nSPS) is 11.5. The van der Waals surface area contributed by atoms with E-state index in [1.807, 2.05) is 36.9 Å². The molecule has 3 aromatic heterocycles. The van der Waals surface area contributed by atoms with Crippen molar-refractivity contribution < 1.29 is 4.52 Å². The minimum atomic E-state index is -0.0203. The van der Waals surface area contributed by atoms with Gasteiger partial charge in [0.15, 0.2) is 0 Å². The molecule has 3 heterocycles. The van der Waals surface area contributed by atoms with E-state index in [2.05, 4.69) is 36.3 Å². The lowest BCUT2D eigenvalue weighted by molar-refractivity contribution is 0.392. The third-order valence-electron chi connectivity index (χ3n) is 5.65. The molecular weight excluding hydrogens is 364 g/mol.